The van der Waals surface area contributed by atoms with E-state index in [1.807, 2.05) is 68.4 Å². The molecular formula is C24H22BrClN2O2. The first-order chi connectivity index (χ1) is 14.4. The summed E-state index contributed by atoms with van der Waals surface area (Å²) in [6.45, 7) is 4.48. The number of aryl methyl sites for hydroxylation is 2. The zero-order valence-electron chi connectivity index (χ0n) is 16.8. The van der Waals surface area contributed by atoms with Gasteiger partial charge >= 0.3 is 0 Å². The predicted octanol–water partition coefficient (Wildman–Crippen LogP) is 5.99. The largest absolute Gasteiger partial charge is 0.488 e. The number of nitrogens with one attached hydrogen (secondary N) is 1. The minimum Gasteiger partial charge on any atom is -0.488 e. The van der Waals surface area contributed by atoms with Crippen molar-refractivity contribution in [2.75, 3.05) is 0 Å². The van der Waals surface area contributed by atoms with Crippen LogP contribution in [0.25, 0.3) is 0 Å². The second-order valence-electron chi connectivity index (χ2n) is 7.00. The average Bonchev–Trinajstić information content (AvgIpc) is 2.71. The van der Waals surface area contributed by atoms with E-state index in [-0.39, 0.29) is 5.91 Å². The first kappa shape index (κ1) is 22.1. The number of rotatable bonds is 7. The van der Waals surface area contributed by atoms with Gasteiger partial charge in [-0.3, -0.25) is 4.79 Å². The van der Waals surface area contributed by atoms with Crippen LogP contribution in [0.5, 0.6) is 5.75 Å². The van der Waals surface area contributed by atoms with Gasteiger partial charge in [0.1, 0.15) is 12.4 Å². The van der Waals surface area contributed by atoms with E-state index in [1.165, 1.54) is 5.56 Å². The molecular weight excluding hydrogens is 464 g/mol. The third kappa shape index (κ3) is 6.44. The van der Waals surface area contributed by atoms with Crippen molar-refractivity contribution in [1.29, 1.82) is 0 Å². The Bertz CT molecular complexity index is 1070. The summed E-state index contributed by atoms with van der Waals surface area (Å²) < 4.78 is 6.65. The molecule has 0 aliphatic carbocycles. The van der Waals surface area contributed by atoms with Gasteiger partial charge in [-0.1, -0.05) is 47.5 Å². The molecule has 0 saturated carbocycles. The van der Waals surface area contributed by atoms with E-state index >= 15 is 0 Å². The summed E-state index contributed by atoms with van der Waals surface area (Å²) >= 11 is 9.41. The molecule has 30 heavy (non-hydrogen) atoms. The number of carbonyl (C=O) groups excluding carboxylic acids is 1. The first-order valence-electron chi connectivity index (χ1n) is 9.45. The van der Waals surface area contributed by atoms with Gasteiger partial charge in [0.15, 0.2) is 0 Å². The van der Waals surface area contributed by atoms with Crippen molar-refractivity contribution in [1.82, 2.24) is 5.43 Å². The molecule has 0 aromatic heterocycles. The Labute approximate surface area is 190 Å². The number of nitrogens with zero attached hydrogens (tertiary/aromatic N) is 1. The van der Waals surface area contributed by atoms with Crippen molar-refractivity contribution in [3.8, 4) is 5.75 Å². The first-order valence-corrected chi connectivity index (χ1v) is 10.6. The minimum absolute atomic E-state index is 0.153. The van der Waals surface area contributed by atoms with Crippen LogP contribution in [0.3, 0.4) is 0 Å². The molecule has 4 nitrogen and oxygen atoms in total. The highest BCUT2D eigenvalue weighted by atomic mass is 79.9. The van der Waals surface area contributed by atoms with Crippen molar-refractivity contribution in [3.05, 3.63) is 98.0 Å². The Balaban J connectivity index is 1.53. The molecule has 0 unspecified atom stereocenters. The van der Waals surface area contributed by atoms with Gasteiger partial charge in [-0.05, 0) is 82.4 Å². The molecule has 3 aromatic carbocycles. The third-order valence-electron chi connectivity index (χ3n) is 4.52. The van der Waals surface area contributed by atoms with Gasteiger partial charge in [-0.2, -0.15) is 5.10 Å². The van der Waals surface area contributed by atoms with Gasteiger partial charge in [-0.25, -0.2) is 5.43 Å². The average molecular weight is 486 g/mol. The molecule has 0 aliphatic rings. The van der Waals surface area contributed by atoms with Crippen LogP contribution in [-0.4, -0.2) is 12.1 Å². The van der Waals surface area contributed by atoms with Crippen molar-refractivity contribution in [3.63, 3.8) is 0 Å². The van der Waals surface area contributed by atoms with Crippen LogP contribution in [0.4, 0.5) is 0 Å². The maximum Gasteiger partial charge on any atom is 0.244 e. The van der Waals surface area contributed by atoms with Crippen molar-refractivity contribution >= 4 is 39.7 Å². The Morgan fingerprint density at radius 1 is 1.10 bits per heavy atom. The van der Waals surface area contributed by atoms with Crippen LogP contribution < -0.4 is 10.2 Å². The zero-order chi connectivity index (χ0) is 21.5. The Morgan fingerprint density at radius 2 is 1.87 bits per heavy atom. The number of halogens is 2. The summed E-state index contributed by atoms with van der Waals surface area (Å²) in [6, 6.07) is 19.2. The Morgan fingerprint density at radius 3 is 2.57 bits per heavy atom. The molecule has 1 amide bonds. The fourth-order valence-electron chi connectivity index (χ4n) is 2.89. The molecule has 1 N–H and O–H groups in total. The molecule has 3 rings (SSSR count). The van der Waals surface area contributed by atoms with Crippen LogP contribution >= 0.6 is 27.5 Å². The van der Waals surface area contributed by atoms with E-state index in [0.717, 1.165) is 32.5 Å². The smallest absolute Gasteiger partial charge is 0.244 e. The number of hydrazone groups is 1. The van der Waals surface area contributed by atoms with Crippen LogP contribution in [0, 0.1) is 13.8 Å². The molecule has 0 heterocycles. The number of amides is 1. The minimum atomic E-state index is -0.153. The van der Waals surface area contributed by atoms with E-state index < -0.39 is 0 Å². The van der Waals surface area contributed by atoms with Gasteiger partial charge in [0, 0.05) is 5.02 Å². The van der Waals surface area contributed by atoms with Gasteiger partial charge in [0.25, 0.3) is 0 Å². The topological polar surface area (TPSA) is 50.7 Å². The normalized spacial score (nSPS) is 10.9. The van der Waals surface area contributed by atoms with E-state index in [1.54, 1.807) is 6.21 Å². The highest BCUT2D eigenvalue weighted by Crippen LogP contribution is 2.26. The maximum absolute atomic E-state index is 12.1. The molecule has 0 spiro atoms. The van der Waals surface area contributed by atoms with Crippen LogP contribution in [0.1, 0.15) is 27.8 Å². The summed E-state index contributed by atoms with van der Waals surface area (Å²) in [6.07, 6.45) is 1.90. The molecule has 0 radical (unpaired) electrons. The summed E-state index contributed by atoms with van der Waals surface area (Å²) in [5, 5.41) is 4.76. The maximum atomic E-state index is 12.1. The summed E-state index contributed by atoms with van der Waals surface area (Å²) in [5.74, 6) is 0.571. The van der Waals surface area contributed by atoms with Crippen molar-refractivity contribution < 1.29 is 9.53 Å². The molecule has 0 bridgehead atoms. The van der Waals surface area contributed by atoms with Gasteiger partial charge in [0.2, 0.25) is 5.91 Å². The van der Waals surface area contributed by atoms with E-state index in [9.17, 15) is 4.79 Å². The summed E-state index contributed by atoms with van der Waals surface area (Å²) in [7, 11) is 0. The van der Waals surface area contributed by atoms with Crippen molar-refractivity contribution in [2.45, 2.75) is 26.9 Å². The highest BCUT2D eigenvalue weighted by molar-refractivity contribution is 9.10. The van der Waals surface area contributed by atoms with Crippen molar-refractivity contribution in [2.24, 2.45) is 5.10 Å². The number of carbonyl (C=O) groups is 1. The second-order valence-corrected chi connectivity index (χ2v) is 8.30. The molecule has 0 atom stereocenters. The molecule has 0 aliphatic heterocycles. The fourth-order valence-corrected chi connectivity index (χ4v) is 3.53. The second kappa shape index (κ2) is 10.4. The molecule has 0 saturated heterocycles. The highest BCUT2D eigenvalue weighted by Gasteiger charge is 2.06. The standard InChI is InChI=1S/C24H22BrClN2O2/c1-16-3-7-20(17(2)11-16)13-24(29)28-27-14-19-6-10-23(22(25)12-19)30-15-18-4-8-21(26)9-5-18/h3-12,14H,13,15H2,1-2H3,(H,28,29)/b27-14+. The SMILES string of the molecule is Cc1ccc(CC(=O)N/N=C/c2ccc(OCc3ccc(Cl)cc3)c(Br)c2)c(C)c1. The summed E-state index contributed by atoms with van der Waals surface area (Å²) in [5.41, 5.74) is 7.73. The number of hydrogen-bond donors (Lipinski definition) is 1. The van der Waals surface area contributed by atoms with E-state index in [4.69, 9.17) is 16.3 Å². The van der Waals surface area contributed by atoms with Gasteiger partial charge in [-0.15, -0.1) is 0 Å². The lowest BCUT2D eigenvalue weighted by Gasteiger charge is -2.09. The Kier molecular flexibility index (Phi) is 7.66. The van der Waals surface area contributed by atoms with Crippen LogP contribution in [0.15, 0.2) is 70.2 Å². The third-order valence-corrected chi connectivity index (χ3v) is 5.39. The predicted molar refractivity (Wildman–Crippen MR) is 125 cm³/mol. The molecule has 154 valence electrons. The lowest BCUT2D eigenvalue weighted by molar-refractivity contribution is -0.120. The van der Waals surface area contributed by atoms with Crippen LogP contribution in [0.2, 0.25) is 5.02 Å². The summed E-state index contributed by atoms with van der Waals surface area (Å²) in [4.78, 5) is 12.1. The van der Waals surface area contributed by atoms with E-state index in [0.29, 0.717) is 18.1 Å². The zero-order valence-corrected chi connectivity index (χ0v) is 19.1. The van der Waals surface area contributed by atoms with Gasteiger partial charge in [0.05, 0.1) is 17.1 Å². The quantitative estimate of drug-likeness (QED) is 0.330. The molecule has 0 fully saturated rings. The lowest BCUT2D eigenvalue weighted by atomic mass is 10.0. The Hall–Kier alpha value is -2.63. The fraction of sp³-hybridized carbons (Fsp3) is 0.167. The molecule has 6 heteroatoms. The number of hydrogen-bond acceptors (Lipinski definition) is 3. The number of benzene rings is 3. The monoisotopic (exact) mass is 484 g/mol. The van der Waals surface area contributed by atoms with Crippen LogP contribution in [-0.2, 0) is 17.8 Å². The molecule has 3 aromatic rings. The van der Waals surface area contributed by atoms with E-state index in [2.05, 4.69) is 32.5 Å². The number of ether oxygens (including phenoxy) is 1. The lowest BCUT2D eigenvalue weighted by Crippen LogP contribution is -2.20. The van der Waals surface area contributed by atoms with Gasteiger partial charge < -0.3 is 4.74 Å².